The molecular weight excluding hydrogens is 312 g/mol. The van der Waals surface area contributed by atoms with Crippen molar-refractivity contribution in [2.45, 2.75) is 52.4 Å². The lowest BCUT2D eigenvalue weighted by molar-refractivity contribution is 0.590. The first-order valence-electron chi connectivity index (χ1n) is 9.48. The fraction of sp³-hybridized carbons (Fsp3) is 0.308. The molecule has 0 saturated carbocycles. The lowest BCUT2D eigenvalue weighted by Gasteiger charge is -2.24. The molecule has 0 aromatic heterocycles. The lowest BCUT2D eigenvalue weighted by Crippen LogP contribution is -2.12. The highest BCUT2D eigenvalue weighted by Crippen LogP contribution is 2.38. The van der Waals surface area contributed by atoms with Crippen LogP contribution in [0.4, 0.5) is 0 Å². The molecule has 0 heteroatoms. The van der Waals surface area contributed by atoms with Crippen molar-refractivity contribution in [2.24, 2.45) is 0 Å². The third-order valence-corrected chi connectivity index (χ3v) is 5.01. The Morgan fingerprint density at radius 2 is 0.962 bits per heavy atom. The molecule has 0 aliphatic carbocycles. The monoisotopic (exact) mass is 342 g/mol. The molecule has 134 valence electrons. The highest BCUT2D eigenvalue weighted by Gasteiger charge is 2.20. The van der Waals surface area contributed by atoms with Gasteiger partial charge in [0.1, 0.15) is 0 Å². The zero-order valence-electron chi connectivity index (χ0n) is 16.9. The molecule has 26 heavy (non-hydrogen) atoms. The van der Waals surface area contributed by atoms with Crippen LogP contribution in [0.3, 0.4) is 0 Å². The van der Waals surface area contributed by atoms with E-state index in [0.717, 1.165) is 0 Å². The minimum absolute atomic E-state index is 0.111. The maximum Gasteiger partial charge on any atom is -0.0102 e. The molecule has 0 amide bonds. The number of rotatable bonds is 2. The molecule has 0 atom stereocenters. The highest BCUT2D eigenvalue weighted by atomic mass is 14.2. The fourth-order valence-electron chi connectivity index (χ4n) is 3.49. The maximum atomic E-state index is 2.28. The first-order valence-corrected chi connectivity index (χ1v) is 9.48. The smallest absolute Gasteiger partial charge is 0.0102 e. The maximum absolute atomic E-state index is 2.28. The van der Waals surface area contributed by atoms with Crippen LogP contribution in [0.25, 0.3) is 22.3 Å². The number of benzene rings is 3. The van der Waals surface area contributed by atoms with Crippen molar-refractivity contribution in [3.05, 3.63) is 83.9 Å². The summed E-state index contributed by atoms with van der Waals surface area (Å²) >= 11 is 0. The number of hydrogen-bond acceptors (Lipinski definition) is 0. The molecule has 0 spiro atoms. The van der Waals surface area contributed by atoms with Crippen LogP contribution in [-0.2, 0) is 10.8 Å². The van der Waals surface area contributed by atoms with Crippen molar-refractivity contribution < 1.29 is 0 Å². The van der Waals surface area contributed by atoms with Crippen LogP contribution in [-0.4, -0.2) is 0 Å². The molecule has 0 bridgehead atoms. The second-order valence-corrected chi connectivity index (χ2v) is 9.17. The molecule has 0 aliphatic heterocycles. The molecule has 0 heterocycles. The fourth-order valence-corrected chi connectivity index (χ4v) is 3.49. The molecule has 0 saturated heterocycles. The van der Waals surface area contributed by atoms with Gasteiger partial charge in [0.15, 0.2) is 0 Å². The Kier molecular flexibility index (Phi) is 4.80. The molecule has 0 N–H and O–H groups in total. The van der Waals surface area contributed by atoms with Crippen LogP contribution in [0.2, 0.25) is 0 Å². The van der Waals surface area contributed by atoms with E-state index in [1.54, 1.807) is 0 Å². The van der Waals surface area contributed by atoms with Gasteiger partial charge in [0.05, 0.1) is 0 Å². The topological polar surface area (TPSA) is 0 Å². The Morgan fingerprint density at radius 3 is 1.50 bits per heavy atom. The van der Waals surface area contributed by atoms with Gasteiger partial charge in [-0.3, -0.25) is 0 Å². The summed E-state index contributed by atoms with van der Waals surface area (Å²) in [4.78, 5) is 0. The summed E-state index contributed by atoms with van der Waals surface area (Å²) in [5.41, 5.74) is 8.25. The van der Waals surface area contributed by atoms with Crippen molar-refractivity contribution in [1.82, 2.24) is 0 Å². The van der Waals surface area contributed by atoms with Crippen LogP contribution in [0.15, 0.2) is 72.8 Å². The molecule has 3 aromatic rings. The Balaban J connectivity index is 2.14. The summed E-state index contributed by atoms with van der Waals surface area (Å²) in [6, 6.07) is 26.6. The Morgan fingerprint density at radius 1 is 0.462 bits per heavy atom. The summed E-state index contributed by atoms with van der Waals surface area (Å²) in [5, 5.41) is 0. The molecule has 0 unspecified atom stereocenters. The van der Waals surface area contributed by atoms with Crippen LogP contribution in [0.5, 0.6) is 0 Å². The second kappa shape index (κ2) is 6.76. The zero-order valence-corrected chi connectivity index (χ0v) is 16.9. The Bertz CT molecular complexity index is 884. The quantitative estimate of drug-likeness (QED) is 0.449. The van der Waals surface area contributed by atoms with Gasteiger partial charge in [0, 0.05) is 0 Å². The van der Waals surface area contributed by atoms with Crippen LogP contribution in [0, 0.1) is 0 Å². The van der Waals surface area contributed by atoms with Gasteiger partial charge in [-0.15, -0.1) is 0 Å². The SMILES string of the molecule is CC(C)(C)c1ccc(-c2ccccc2-c2ccccc2C(C)(C)C)cc1. The molecule has 0 aliphatic rings. The van der Waals surface area contributed by atoms with Crippen LogP contribution >= 0.6 is 0 Å². The minimum atomic E-state index is 0.111. The lowest BCUT2D eigenvalue weighted by atomic mass is 9.80. The van der Waals surface area contributed by atoms with Crippen molar-refractivity contribution in [3.63, 3.8) is 0 Å². The van der Waals surface area contributed by atoms with E-state index in [9.17, 15) is 0 Å². The van der Waals surface area contributed by atoms with Crippen LogP contribution < -0.4 is 0 Å². The molecule has 0 nitrogen and oxygen atoms in total. The average Bonchev–Trinajstić information content (AvgIpc) is 2.60. The first kappa shape index (κ1) is 18.5. The predicted octanol–water partition coefficient (Wildman–Crippen LogP) is 7.62. The summed E-state index contributed by atoms with van der Waals surface area (Å²) in [5.74, 6) is 0. The van der Waals surface area contributed by atoms with Gasteiger partial charge in [-0.1, -0.05) is 114 Å². The summed E-state index contributed by atoms with van der Waals surface area (Å²) in [6.45, 7) is 13.6. The van der Waals surface area contributed by atoms with Crippen molar-refractivity contribution in [2.75, 3.05) is 0 Å². The van der Waals surface area contributed by atoms with Gasteiger partial charge in [-0.25, -0.2) is 0 Å². The van der Waals surface area contributed by atoms with Gasteiger partial charge in [0.2, 0.25) is 0 Å². The molecule has 3 aromatic carbocycles. The van der Waals surface area contributed by atoms with E-state index < -0.39 is 0 Å². The van der Waals surface area contributed by atoms with Gasteiger partial charge < -0.3 is 0 Å². The molecule has 0 fully saturated rings. The Hall–Kier alpha value is -2.34. The normalized spacial score (nSPS) is 12.2. The van der Waals surface area contributed by atoms with E-state index in [1.165, 1.54) is 33.4 Å². The van der Waals surface area contributed by atoms with Crippen molar-refractivity contribution in [1.29, 1.82) is 0 Å². The average molecular weight is 343 g/mol. The standard InChI is InChI=1S/C26H30/c1-25(2,3)20-17-15-19(16-18-20)21-11-7-8-12-22(21)23-13-9-10-14-24(23)26(4,5)6/h7-18H,1-6H3. The predicted molar refractivity (Wildman–Crippen MR) is 115 cm³/mol. The second-order valence-electron chi connectivity index (χ2n) is 9.17. The summed E-state index contributed by atoms with van der Waals surface area (Å²) in [6.07, 6.45) is 0. The van der Waals surface area contributed by atoms with Gasteiger partial charge in [-0.05, 0) is 44.2 Å². The first-order chi connectivity index (χ1) is 12.2. The summed E-state index contributed by atoms with van der Waals surface area (Å²) in [7, 11) is 0. The van der Waals surface area contributed by atoms with E-state index in [0.29, 0.717) is 0 Å². The van der Waals surface area contributed by atoms with Crippen molar-refractivity contribution >= 4 is 0 Å². The third-order valence-electron chi connectivity index (χ3n) is 5.01. The minimum Gasteiger partial charge on any atom is -0.0619 e. The molecule has 0 radical (unpaired) electrons. The van der Waals surface area contributed by atoms with E-state index >= 15 is 0 Å². The summed E-state index contributed by atoms with van der Waals surface area (Å²) < 4.78 is 0. The van der Waals surface area contributed by atoms with E-state index in [-0.39, 0.29) is 10.8 Å². The third kappa shape index (κ3) is 3.75. The van der Waals surface area contributed by atoms with Crippen molar-refractivity contribution in [3.8, 4) is 22.3 Å². The van der Waals surface area contributed by atoms with Crippen LogP contribution in [0.1, 0.15) is 52.7 Å². The van der Waals surface area contributed by atoms with E-state index in [4.69, 9.17) is 0 Å². The Labute approximate surface area is 158 Å². The zero-order chi connectivity index (χ0) is 18.9. The van der Waals surface area contributed by atoms with E-state index in [1.807, 2.05) is 0 Å². The molecule has 3 rings (SSSR count). The van der Waals surface area contributed by atoms with Gasteiger partial charge in [-0.2, -0.15) is 0 Å². The van der Waals surface area contributed by atoms with E-state index in [2.05, 4.69) is 114 Å². The van der Waals surface area contributed by atoms with Gasteiger partial charge in [0.25, 0.3) is 0 Å². The largest absolute Gasteiger partial charge is 0.0619 e. The molecular formula is C26H30. The van der Waals surface area contributed by atoms with Gasteiger partial charge >= 0.3 is 0 Å². The highest BCUT2D eigenvalue weighted by molar-refractivity contribution is 5.85. The number of hydrogen-bond donors (Lipinski definition) is 0.